The van der Waals surface area contributed by atoms with Crippen LogP contribution < -0.4 is 5.32 Å². The quantitative estimate of drug-likeness (QED) is 0.827. The highest BCUT2D eigenvalue weighted by atomic mass is 32.2. The number of aliphatic carboxylic acids is 1. The van der Waals surface area contributed by atoms with Gasteiger partial charge >= 0.3 is 5.97 Å². The number of carbonyl (C=O) groups is 2. The van der Waals surface area contributed by atoms with Gasteiger partial charge < -0.3 is 10.4 Å². The molecule has 0 aromatic heterocycles. The molecule has 0 aromatic carbocycles. The number of nitrogens with one attached hydrogen (secondary N) is 1. The van der Waals surface area contributed by atoms with Crippen LogP contribution in [0.5, 0.6) is 0 Å². The van der Waals surface area contributed by atoms with Crippen molar-refractivity contribution in [2.24, 2.45) is 23.2 Å². The van der Waals surface area contributed by atoms with Crippen LogP contribution in [0.25, 0.3) is 0 Å². The lowest BCUT2D eigenvalue weighted by atomic mass is 9.49. The zero-order chi connectivity index (χ0) is 16.1. The van der Waals surface area contributed by atoms with Crippen LogP contribution in [0.4, 0.5) is 0 Å². The fourth-order valence-electron chi connectivity index (χ4n) is 6.27. The smallest absolute Gasteiger partial charge is 0.329 e. The van der Waals surface area contributed by atoms with Crippen molar-refractivity contribution in [2.45, 2.75) is 63.3 Å². The summed E-state index contributed by atoms with van der Waals surface area (Å²) in [5, 5.41) is 12.6. The highest BCUT2D eigenvalue weighted by Gasteiger charge is 2.52. The summed E-state index contributed by atoms with van der Waals surface area (Å²) in [6, 6.07) is 0. The monoisotopic (exact) mass is 337 g/mol. The predicted molar refractivity (Wildman–Crippen MR) is 90.3 cm³/mol. The molecule has 0 aromatic rings. The van der Waals surface area contributed by atoms with E-state index in [1.807, 2.05) is 0 Å². The molecule has 5 fully saturated rings. The van der Waals surface area contributed by atoms with Crippen LogP contribution >= 0.6 is 11.8 Å². The summed E-state index contributed by atoms with van der Waals surface area (Å²) in [6.45, 7) is 0. The number of carboxylic acids is 1. The Morgan fingerprint density at radius 3 is 2.00 bits per heavy atom. The predicted octanol–water partition coefficient (Wildman–Crippen LogP) is 3.06. The van der Waals surface area contributed by atoms with Gasteiger partial charge in [-0.25, -0.2) is 4.79 Å². The van der Waals surface area contributed by atoms with Crippen LogP contribution in [-0.4, -0.2) is 34.0 Å². The van der Waals surface area contributed by atoms with Crippen LogP contribution in [0, 0.1) is 23.2 Å². The second kappa shape index (κ2) is 5.68. The van der Waals surface area contributed by atoms with E-state index in [9.17, 15) is 14.7 Å². The number of thioether (sulfide) groups is 1. The van der Waals surface area contributed by atoms with Crippen molar-refractivity contribution in [3.63, 3.8) is 0 Å². The molecule has 5 aliphatic rings. The van der Waals surface area contributed by atoms with Gasteiger partial charge in [0.1, 0.15) is 5.54 Å². The molecule has 1 aliphatic heterocycles. The summed E-state index contributed by atoms with van der Waals surface area (Å²) in [6.07, 6.45) is 9.37. The number of amides is 1. The highest BCUT2D eigenvalue weighted by Crippen LogP contribution is 2.61. The van der Waals surface area contributed by atoms with E-state index in [1.165, 1.54) is 38.5 Å². The van der Waals surface area contributed by atoms with Gasteiger partial charge in [0.05, 0.1) is 0 Å². The molecule has 1 heterocycles. The zero-order valence-electron chi connectivity index (χ0n) is 13.7. The fraction of sp³-hybridized carbons (Fsp3) is 0.889. The SMILES string of the molecule is O=C(CC12CC3CC(CC(C3)C1)C2)NC1(C(=O)O)CCSCC1. The highest BCUT2D eigenvalue weighted by molar-refractivity contribution is 7.99. The first-order chi connectivity index (χ1) is 11.0. The van der Waals surface area contributed by atoms with Gasteiger partial charge in [0, 0.05) is 6.42 Å². The van der Waals surface area contributed by atoms with Gasteiger partial charge in [-0.15, -0.1) is 0 Å². The molecule has 5 rings (SSSR count). The molecule has 4 nitrogen and oxygen atoms in total. The van der Waals surface area contributed by atoms with E-state index >= 15 is 0 Å². The maximum absolute atomic E-state index is 12.7. The molecule has 0 unspecified atom stereocenters. The second-order valence-corrected chi connectivity index (χ2v) is 9.87. The van der Waals surface area contributed by atoms with Crippen molar-refractivity contribution in [1.29, 1.82) is 0 Å². The van der Waals surface area contributed by atoms with Crippen molar-refractivity contribution < 1.29 is 14.7 Å². The Bertz CT molecular complexity index is 477. The van der Waals surface area contributed by atoms with E-state index in [4.69, 9.17) is 0 Å². The molecule has 1 amide bonds. The van der Waals surface area contributed by atoms with Crippen LogP contribution in [0.1, 0.15) is 57.8 Å². The lowest BCUT2D eigenvalue weighted by Crippen LogP contribution is -2.58. The van der Waals surface area contributed by atoms with Gasteiger partial charge in [-0.1, -0.05) is 0 Å². The molecule has 2 N–H and O–H groups in total. The van der Waals surface area contributed by atoms with Crippen molar-refractivity contribution in [3.05, 3.63) is 0 Å². The van der Waals surface area contributed by atoms with E-state index in [0.717, 1.165) is 29.3 Å². The second-order valence-electron chi connectivity index (χ2n) is 8.64. The molecular formula is C18H27NO3S. The summed E-state index contributed by atoms with van der Waals surface area (Å²) >= 11 is 1.78. The minimum absolute atomic E-state index is 0.0127. The average molecular weight is 337 g/mol. The molecule has 0 spiro atoms. The number of rotatable bonds is 4. The number of carbonyl (C=O) groups excluding carboxylic acids is 1. The lowest BCUT2D eigenvalue weighted by Gasteiger charge is -2.56. The van der Waals surface area contributed by atoms with Crippen molar-refractivity contribution >= 4 is 23.6 Å². The summed E-state index contributed by atoms with van der Waals surface area (Å²) in [5.74, 6) is 3.27. The molecule has 4 bridgehead atoms. The minimum Gasteiger partial charge on any atom is -0.480 e. The molecule has 5 heteroatoms. The molecule has 4 saturated carbocycles. The number of carboxylic acid groups (broad SMARTS) is 1. The van der Waals surface area contributed by atoms with E-state index in [1.54, 1.807) is 11.8 Å². The van der Waals surface area contributed by atoms with Crippen molar-refractivity contribution in [3.8, 4) is 0 Å². The summed E-state index contributed by atoms with van der Waals surface area (Å²) < 4.78 is 0. The summed E-state index contributed by atoms with van der Waals surface area (Å²) in [7, 11) is 0. The molecule has 128 valence electrons. The van der Waals surface area contributed by atoms with E-state index in [-0.39, 0.29) is 11.3 Å². The lowest BCUT2D eigenvalue weighted by molar-refractivity contribution is -0.149. The molecule has 23 heavy (non-hydrogen) atoms. The normalized spacial score (nSPS) is 40.8. The third-order valence-electron chi connectivity index (χ3n) is 6.84. The third kappa shape index (κ3) is 2.90. The van der Waals surface area contributed by atoms with Gasteiger partial charge in [0.25, 0.3) is 0 Å². The van der Waals surface area contributed by atoms with Crippen LogP contribution in [0.2, 0.25) is 0 Å². The fourth-order valence-corrected chi connectivity index (χ4v) is 7.46. The number of hydrogen-bond acceptors (Lipinski definition) is 3. The minimum atomic E-state index is -1.01. The van der Waals surface area contributed by atoms with Gasteiger partial charge in [-0.05, 0) is 86.0 Å². The Kier molecular flexibility index (Phi) is 3.90. The molecule has 1 saturated heterocycles. The summed E-state index contributed by atoms with van der Waals surface area (Å²) in [5.41, 5.74) is -0.827. The first kappa shape index (κ1) is 15.8. The number of hydrogen-bond donors (Lipinski definition) is 2. The van der Waals surface area contributed by atoms with Crippen LogP contribution in [0.15, 0.2) is 0 Å². The Hall–Kier alpha value is -0.710. The van der Waals surface area contributed by atoms with Gasteiger partial charge in [-0.3, -0.25) is 4.79 Å². The van der Waals surface area contributed by atoms with Gasteiger partial charge in [-0.2, -0.15) is 11.8 Å². The summed E-state index contributed by atoms with van der Waals surface area (Å²) in [4.78, 5) is 24.5. The topological polar surface area (TPSA) is 66.4 Å². The molecule has 0 atom stereocenters. The van der Waals surface area contributed by atoms with Crippen molar-refractivity contribution in [1.82, 2.24) is 5.32 Å². The van der Waals surface area contributed by atoms with Crippen LogP contribution in [0.3, 0.4) is 0 Å². The Morgan fingerprint density at radius 1 is 1.00 bits per heavy atom. The standard InChI is InChI=1S/C18H27NO3S/c20-15(19-18(16(21)22)1-3-23-4-2-18)11-17-8-12-5-13(9-17)7-14(6-12)10-17/h12-14H,1-11H2,(H,19,20)(H,21,22). The van der Waals surface area contributed by atoms with Crippen molar-refractivity contribution in [2.75, 3.05) is 11.5 Å². The maximum atomic E-state index is 12.7. The first-order valence-corrected chi connectivity index (χ1v) is 10.3. The van der Waals surface area contributed by atoms with E-state index in [0.29, 0.717) is 19.3 Å². The van der Waals surface area contributed by atoms with Crippen LogP contribution in [-0.2, 0) is 9.59 Å². The third-order valence-corrected chi connectivity index (χ3v) is 7.82. The largest absolute Gasteiger partial charge is 0.480 e. The maximum Gasteiger partial charge on any atom is 0.329 e. The first-order valence-electron chi connectivity index (χ1n) is 9.11. The Labute approximate surface area is 142 Å². The van der Waals surface area contributed by atoms with E-state index < -0.39 is 11.5 Å². The van der Waals surface area contributed by atoms with Gasteiger partial charge in [0.2, 0.25) is 5.91 Å². The Morgan fingerprint density at radius 2 is 1.52 bits per heavy atom. The molecular weight excluding hydrogens is 310 g/mol. The Balaban J connectivity index is 1.44. The van der Waals surface area contributed by atoms with E-state index in [2.05, 4.69) is 5.32 Å². The molecule has 0 radical (unpaired) electrons. The zero-order valence-corrected chi connectivity index (χ0v) is 14.5. The average Bonchev–Trinajstić information content (AvgIpc) is 2.45. The molecule has 4 aliphatic carbocycles. The van der Waals surface area contributed by atoms with Gasteiger partial charge in [0.15, 0.2) is 0 Å².